The molecule has 3 rings (SSSR count). The summed E-state index contributed by atoms with van der Waals surface area (Å²) in [6.07, 6.45) is 3.04. The summed E-state index contributed by atoms with van der Waals surface area (Å²) in [4.78, 5) is 25.7. The predicted octanol–water partition coefficient (Wildman–Crippen LogP) is 1.69. The number of benzene rings is 1. The molecule has 22 heavy (non-hydrogen) atoms. The van der Waals surface area contributed by atoms with Gasteiger partial charge in [0.05, 0.1) is 5.54 Å². The number of anilines is 2. The van der Waals surface area contributed by atoms with Gasteiger partial charge in [0.1, 0.15) is 0 Å². The molecule has 1 unspecified atom stereocenters. The number of urea groups is 1. The molecule has 2 heterocycles. The van der Waals surface area contributed by atoms with Crippen molar-refractivity contribution in [2.75, 3.05) is 29.9 Å². The molecule has 0 saturated carbocycles. The van der Waals surface area contributed by atoms with Gasteiger partial charge in [-0.15, -0.1) is 0 Å². The molecular formula is C16H22N4O2. The topological polar surface area (TPSA) is 73.5 Å². The van der Waals surface area contributed by atoms with Gasteiger partial charge in [0.2, 0.25) is 5.91 Å². The standard InChI is InChI=1S/C16H22N4O2/c1-16(8-2-3-9-18-16)14(21)19-12-4-6-13(7-5-12)20-11-10-17-15(20)22/h4-7,18H,2-3,8-11H2,1H3,(H,17,22)(H,19,21). The van der Waals surface area contributed by atoms with Crippen LogP contribution in [0.15, 0.2) is 24.3 Å². The van der Waals surface area contributed by atoms with E-state index in [1.807, 2.05) is 31.2 Å². The lowest BCUT2D eigenvalue weighted by Gasteiger charge is -2.33. The van der Waals surface area contributed by atoms with Gasteiger partial charge in [-0.2, -0.15) is 0 Å². The van der Waals surface area contributed by atoms with Crippen molar-refractivity contribution in [3.63, 3.8) is 0 Å². The number of rotatable bonds is 3. The van der Waals surface area contributed by atoms with E-state index in [-0.39, 0.29) is 11.9 Å². The molecule has 1 atom stereocenters. The summed E-state index contributed by atoms with van der Waals surface area (Å²) in [6, 6.07) is 7.32. The van der Waals surface area contributed by atoms with Crippen molar-refractivity contribution in [3.05, 3.63) is 24.3 Å². The summed E-state index contributed by atoms with van der Waals surface area (Å²) in [6.45, 7) is 4.17. The van der Waals surface area contributed by atoms with Crippen molar-refractivity contribution in [2.45, 2.75) is 31.7 Å². The highest BCUT2D eigenvalue weighted by molar-refractivity contribution is 5.98. The van der Waals surface area contributed by atoms with Crippen molar-refractivity contribution in [1.82, 2.24) is 10.6 Å². The van der Waals surface area contributed by atoms with Crippen molar-refractivity contribution >= 4 is 23.3 Å². The van der Waals surface area contributed by atoms with Crippen LogP contribution in [-0.4, -0.2) is 37.1 Å². The molecule has 2 aliphatic rings. The average Bonchev–Trinajstić information content (AvgIpc) is 2.95. The minimum atomic E-state index is -0.494. The van der Waals surface area contributed by atoms with Crippen molar-refractivity contribution in [1.29, 1.82) is 0 Å². The highest BCUT2D eigenvalue weighted by Crippen LogP contribution is 2.23. The van der Waals surface area contributed by atoms with Gasteiger partial charge in [-0.25, -0.2) is 4.79 Å². The quantitative estimate of drug-likeness (QED) is 0.795. The van der Waals surface area contributed by atoms with Crippen molar-refractivity contribution in [2.24, 2.45) is 0 Å². The van der Waals surface area contributed by atoms with E-state index >= 15 is 0 Å². The molecule has 0 radical (unpaired) electrons. The van der Waals surface area contributed by atoms with E-state index < -0.39 is 5.54 Å². The molecule has 0 bridgehead atoms. The van der Waals surface area contributed by atoms with Crippen LogP contribution in [0.2, 0.25) is 0 Å². The Morgan fingerprint density at radius 1 is 1.23 bits per heavy atom. The number of nitrogens with one attached hydrogen (secondary N) is 3. The van der Waals surface area contributed by atoms with Crippen LogP contribution >= 0.6 is 0 Å². The normalized spacial score (nSPS) is 25.0. The van der Waals surface area contributed by atoms with Crippen LogP contribution in [0.4, 0.5) is 16.2 Å². The van der Waals surface area contributed by atoms with Crippen LogP contribution in [0.25, 0.3) is 0 Å². The van der Waals surface area contributed by atoms with Gasteiger partial charge in [-0.1, -0.05) is 0 Å². The minimum absolute atomic E-state index is 0.00105. The maximum absolute atomic E-state index is 12.4. The first-order chi connectivity index (χ1) is 10.6. The summed E-state index contributed by atoms with van der Waals surface area (Å²) in [5.74, 6) is -0.00105. The Hall–Kier alpha value is -2.08. The highest BCUT2D eigenvalue weighted by Gasteiger charge is 2.34. The Morgan fingerprint density at radius 2 is 2.00 bits per heavy atom. The van der Waals surface area contributed by atoms with Gasteiger partial charge in [0, 0.05) is 24.5 Å². The number of hydrogen-bond acceptors (Lipinski definition) is 3. The Kier molecular flexibility index (Phi) is 4.02. The van der Waals surface area contributed by atoms with Crippen molar-refractivity contribution < 1.29 is 9.59 Å². The van der Waals surface area contributed by atoms with Crippen LogP contribution in [0.3, 0.4) is 0 Å². The lowest BCUT2D eigenvalue weighted by molar-refractivity contribution is -0.122. The maximum Gasteiger partial charge on any atom is 0.321 e. The maximum atomic E-state index is 12.4. The minimum Gasteiger partial charge on any atom is -0.336 e. The van der Waals surface area contributed by atoms with E-state index in [0.717, 1.165) is 37.2 Å². The molecule has 0 aromatic heterocycles. The molecule has 2 fully saturated rings. The fourth-order valence-corrected chi connectivity index (χ4v) is 2.96. The number of hydrogen-bond donors (Lipinski definition) is 3. The summed E-state index contributed by atoms with van der Waals surface area (Å²) in [7, 11) is 0. The highest BCUT2D eigenvalue weighted by atomic mass is 16.2. The molecular weight excluding hydrogens is 280 g/mol. The first kappa shape index (κ1) is 14.8. The number of carbonyl (C=O) groups is 2. The second-order valence-corrected chi connectivity index (χ2v) is 6.10. The Balaban J connectivity index is 1.65. The predicted molar refractivity (Wildman–Crippen MR) is 86.1 cm³/mol. The van der Waals surface area contributed by atoms with E-state index in [4.69, 9.17) is 0 Å². The van der Waals surface area contributed by atoms with Crippen LogP contribution < -0.4 is 20.9 Å². The molecule has 0 spiro atoms. The number of nitrogens with zero attached hydrogens (tertiary/aromatic N) is 1. The Morgan fingerprint density at radius 3 is 2.59 bits per heavy atom. The summed E-state index contributed by atoms with van der Waals surface area (Å²) in [5, 5.41) is 9.04. The van der Waals surface area contributed by atoms with Gasteiger partial charge in [-0.3, -0.25) is 9.69 Å². The van der Waals surface area contributed by atoms with Crippen LogP contribution in [0.1, 0.15) is 26.2 Å². The third-order valence-electron chi connectivity index (χ3n) is 4.41. The molecule has 3 amide bonds. The summed E-state index contributed by atoms with van der Waals surface area (Å²) >= 11 is 0. The molecule has 0 aliphatic carbocycles. The fourth-order valence-electron chi connectivity index (χ4n) is 2.96. The molecule has 2 aliphatic heterocycles. The smallest absolute Gasteiger partial charge is 0.321 e. The summed E-state index contributed by atoms with van der Waals surface area (Å²) < 4.78 is 0. The second kappa shape index (κ2) is 5.96. The van der Waals surface area contributed by atoms with E-state index in [0.29, 0.717) is 13.1 Å². The number of carbonyl (C=O) groups excluding carboxylic acids is 2. The Labute approximate surface area is 130 Å². The number of amides is 3. The SMILES string of the molecule is CC1(C(=O)Nc2ccc(N3CCNC3=O)cc2)CCCCN1. The zero-order valence-corrected chi connectivity index (χ0v) is 12.8. The van der Waals surface area contributed by atoms with Gasteiger partial charge in [0.25, 0.3) is 0 Å². The van der Waals surface area contributed by atoms with Crippen LogP contribution in [-0.2, 0) is 4.79 Å². The third kappa shape index (κ3) is 2.92. The lowest BCUT2D eigenvalue weighted by Crippen LogP contribution is -2.54. The largest absolute Gasteiger partial charge is 0.336 e. The average molecular weight is 302 g/mol. The molecule has 6 nitrogen and oxygen atoms in total. The molecule has 3 N–H and O–H groups in total. The monoisotopic (exact) mass is 302 g/mol. The zero-order chi connectivity index (χ0) is 15.6. The molecule has 6 heteroatoms. The van der Waals surface area contributed by atoms with E-state index in [2.05, 4.69) is 16.0 Å². The van der Waals surface area contributed by atoms with Crippen LogP contribution in [0, 0.1) is 0 Å². The third-order valence-corrected chi connectivity index (χ3v) is 4.41. The molecule has 118 valence electrons. The van der Waals surface area contributed by atoms with Crippen molar-refractivity contribution in [3.8, 4) is 0 Å². The first-order valence-corrected chi connectivity index (χ1v) is 7.80. The van der Waals surface area contributed by atoms with E-state index in [9.17, 15) is 9.59 Å². The Bertz CT molecular complexity index is 564. The summed E-state index contributed by atoms with van der Waals surface area (Å²) in [5.41, 5.74) is 1.10. The zero-order valence-electron chi connectivity index (χ0n) is 12.8. The molecule has 1 aromatic rings. The number of piperidine rings is 1. The van der Waals surface area contributed by atoms with Crippen LogP contribution in [0.5, 0.6) is 0 Å². The van der Waals surface area contributed by atoms with E-state index in [1.54, 1.807) is 4.90 Å². The first-order valence-electron chi connectivity index (χ1n) is 7.80. The van der Waals surface area contributed by atoms with Gasteiger partial charge >= 0.3 is 6.03 Å². The van der Waals surface area contributed by atoms with Gasteiger partial charge < -0.3 is 16.0 Å². The second-order valence-electron chi connectivity index (χ2n) is 6.10. The molecule has 1 aromatic carbocycles. The molecule has 2 saturated heterocycles. The van der Waals surface area contributed by atoms with Gasteiger partial charge in [-0.05, 0) is 57.0 Å². The fraction of sp³-hybridized carbons (Fsp3) is 0.500. The lowest BCUT2D eigenvalue weighted by atomic mass is 9.90. The van der Waals surface area contributed by atoms with Gasteiger partial charge in [0.15, 0.2) is 0 Å². The van der Waals surface area contributed by atoms with E-state index in [1.165, 1.54) is 0 Å².